The molecule has 2 atom stereocenters. The standard InChI is InChI=1S/C16H21NO4/c1-9(2)16(19)20-8-14(18)21-17-15-12-4-10-3-11(6-12)7-13(15)5-10/h10-12,17H,1,3-8H2,2H3. The van der Waals surface area contributed by atoms with Crippen molar-refractivity contribution in [2.24, 2.45) is 17.8 Å². The maximum atomic E-state index is 11.6. The Hall–Kier alpha value is -1.78. The van der Waals surface area contributed by atoms with E-state index >= 15 is 0 Å². The Labute approximate surface area is 124 Å². The van der Waals surface area contributed by atoms with Gasteiger partial charge in [-0.3, -0.25) is 0 Å². The summed E-state index contributed by atoms with van der Waals surface area (Å²) in [5.74, 6) is 0.998. The van der Waals surface area contributed by atoms with Gasteiger partial charge in [-0.25, -0.2) is 15.1 Å². The third kappa shape index (κ3) is 2.96. The highest BCUT2D eigenvalue weighted by Crippen LogP contribution is 2.52. The molecule has 5 heteroatoms. The molecular weight excluding hydrogens is 270 g/mol. The van der Waals surface area contributed by atoms with Gasteiger partial charge in [0.05, 0.1) is 5.70 Å². The topological polar surface area (TPSA) is 64.6 Å². The monoisotopic (exact) mass is 291 g/mol. The Morgan fingerprint density at radius 2 is 1.90 bits per heavy atom. The SMILES string of the molecule is C=C(C)C(=O)OCC(=O)ONC1=C2CC3CC(C2)CC1C3. The number of hydroxylamine groups is 1. The van der Waals surface area contributed by atoms with Gasteiger partial charge in [0.2, 0.25) is 0 Å². The van der Waals surface area contributed by atoms with Crippen molar-refractivity contribution in [1.29, 1.82) is 0 Å². The second kappa shape index (κ2) is 5.54. The first-order valence-electron chi connectivity index (χ1n) is 7.53. The van der Waals surface area contributed by atoms with Crippen LogP contribution in [-0.4, -0.2) is 18.5 Å². The molecule has 0 amide bonds. The summed E-state index contributed by atoms with van der Waals surface area (Å²) in [6, 6.07) is 0. The minimum atomic E-state index is -0.591. The predicted octanol–water partition coefficient (Wildman–Crippen LogP) is 2.25. The Kier molecular flexibility index (Phi) is 3.74. The Bertz CT molecular complexity index is 506. The van der Waals surface area contributed by atoms with Crippen molar-refractivity contribution in [3.63, 3.8) is 0 Å². The van der Waals surface area contributed by atoms with Crippen LogP contribution in [0.3, 0.4) is 0 Å². The number of esters is 1. The van der Waals surface area contributed by atoms with Gasteiger partial charge in [-0.15, -0.1) is 0 Å². The zero-order valence-corrected chi connectivity index (χ0v) is 12.3. The summed E-state index contributed by atoms with van der Waals surface area (Å²) in [6.07, 6.45) is 6.04. The number of allylic oxidation sites excluding steroid dienone is 2. The minimum Gasteiger partial charge on any atom is -0.450 e. The summed E-state index contributed by atoms with van der Waals surface area (Å²) in [5.41, 5.74) is 5.62. The fraction of sp³-hybridized carbons (Fsp3) is 0.625. The van der Waals surface area contributed by atoms with Crippen LogP contribution < -0.4 is 5.48 Å². The van der Waals surface area contributed by atoms with Gasteiger partial charge in [0.15, 0.2) is 6.61 Å². The van der Waals surface area contributed by atoms with Crippen molar-refractivity contribution in [1.82, 2.24) is 5.48 Å². The first-order chi connectivity index (χ1) is 10.0. The molecule has 4 aliphatic rings. The number of carbonyl (C=O) groups excluding carboxylic acids is 2. The van der Waals surface area contributed by atoms with Crippen molar-refractivity contribution in [3.05, 3.63) is 23.4 Å². The Balaban J connectivity index is 1.50. The molecule has 0 aromatic rings. The highest BCUT2D eigenvalue weighted by molar-refractivity contribution is 5.88. The largest absolute Gasteiger partial charge is 0.450 e. The van der Waals surface area contributed by atoms with Gasteiger partial charge < -0.3 is 9.57 Å². The number of nitrogens with one attached hydrogen (secondary N) is 1. The van der Waals surface area contributed by atoms with Gasteiger partial charge in [-0.1, -0.05) is 6.58 Å². The molecule has 1 N–H and O–H groups in total. The average molecular weight is 291 g/mol. The quantitative estimate of drug-likeness (QED) is 0.478. The Morgan fingerprint density at radius 1 is 1.24 bits per heavy atom. The predicted molar refractivity (Wildman–Crippen MR) is 75.6 cm³/mol. The van der Waals surface area contributed by atoms with Crippen LogP contribution in [0.2, 0.25) is 0 Å². The number of hydrogen-bond donors (Lipinski definition) is 1. The summed E-state index contributed by atoms with van der Waals surface area (Å²) in [4.78, 5) is 27.8. The molecule has 21 heavy (non-hydrogen) atoms. The van der Waals surface area contributed by atoms with Crippen LogP contribution in [0.1, 0.15) is 39.0 Å². The van der Waals surface area contributed by atoms with Gasteiger partial charge in [0.25, 0.3) is 0 Å². The van der Waals surface area contributed by atoms with E-state index in [2.05, 4.69) is 12.1 Å². The number of rotatable bonds is 5. The van der Waals surface area contributed by atoms with E-state index in [0.29, 0.717) is 5.92 Å². The van der Waals surface area contributed by atoms with Crippen molar-refractivity contribution < 1.29 is 19.2 Å². The molecule has 0 aromatic carbocycles. The Morgan fingerprint density at radius 3 is 2.48 bits per heavy atom. The molecule has 4 aliphatic carbocycles. The average Bonchev–Trinajstić information content (AvgIpc) is 2.43. The molecule has 0 spiro atoms. The summed E-state index contributed by atoms with van der Waals surface area (Å²) in [6.45, 7) is 4.60. The lowest BCUT2D eigenvalue weighted by Gasteiger charge is -2.47. The minimum absolute atomic E-state index is 0.265. The maximum Gasteiger partial charge on any atom is 0.369 e. The lowest BCUT2D eigenvalue weighted by Crippen LogP contribution is -2.40. The van der Waals surface area contributed by atoms with Crippen molar-refractivity contribution >= 4 is 11.9 Å². The highest BCUT2D eigenvalue weighted by Gasteiger charge is 2.42. The molecule has 5 nitrogen and oxygen atoms in total. The van der Waals surface area contributed by atoms with E-state index in [1.807, 2.05) is 0 Å². The summed E-state index contributed by atoms with van der Waals surface area (Å²) in [5, 5.41) is 0. The normalized spacial score (nSPS) is 29.3. The highest BCUT2D eigenvalue weighted by atomic mass is 16.7. The summed E-state index contributed by atoms with van der Waals surface area (Å²) < 4.78 is 4.75. The molecule has 4 rings (SSSR count). The molecule has 2 saturated carbocycles. The van der Waals surface area contributed by atoms with Crippen LogP contribution >= 0.6 is 0 Å². The maximum absolute atomic E-state index is 11.6. The zero-order valence-electron chi connectivity index (χ0n) is 12.3. The van der Waals surface area contributed by atoms with E-state index in [1.54, 1.807) is 0 Å². The lowest BCUT2D eigenvalue weighted by molar-refractivity contribution is -0.161. The summed E-state index contributed by atoms with van der Waals surface area (Å²) in [7, 11) is 0. The molecule has 0 saturated heterocycles. The smallest absolute Gasteiger partial charge is 0.369 e. The fourth-order valence-corrected chi connectivity index (χ4v) is 3.97. The van der Waals surface area contributed by atoms with Gasteiger partial charge in [-0.05, 0) is 56.4 Å². The van der Waals surface area contributed by atoms with Crippen LogP contribution in [0.25, 0.3) is 0 Å². The fourth-order valence-electron chi connectivity index (χ4n) is 3.97. The van der Waals surface area contributed by atoms with Crippen LogP contribution in [-0.2, 0) is 19.2 Å². The van der Waals surface area contributed by atoms with Gasteiger partial charge >= 0.3 is 11.9 Å². The van der Waals surface area contributed by atoms with Crippen LogP contribution in [0, 0.1) is 17.8 Å². The third-order valence-electron chi connectivity index (χ3n) is 4.71. The molecule has 4 bridgehead atoms. The number of carbonyl (C=O) groups is 2. The molecule has 2 fully saturated rings. The third-order valence-corrected chi connectivity index (χ3v) is 4.71. The molecule has 0 radical (unpaired) electrons. The van der Waals surface area contributed by atoms with Crippen LogP contribution in [0.15, 0.2) is 23.4 Å². The van der Waals surface area contributed by atoms with Gasteiger partial charge in [0.1, 0.15) is 0 Å². The van der Waals surface area contributed by atoms with Crippen LogP contribution in [0.4, 0.5) is 0 Å². The first-order valence-corrected chi connectivity index (χ1v) is 7.53. The second-order valence-corrected chi connectivity index (χ2v) is 6.49. The molecule has 2 unspecified atom stereocenters. The van der Waals surface area contributed by atoms with E-state index < -0.39 is 18.5 Å². The van der Waals surface area contributed by atoms with Crippen molar-refractivity contribution in [2.75, 3.05) is 6.61 Å². The first kappa shape index (κ1) is 14.2. The second-order valence-electron chi connectivity index (χ2n) is 6.49. The van der Waals surface area contributed by atoms with E-state index in [4.69, 9.17) is 9.57 Å². The van der Waals surface area contributed by atoms with E-state index in [0.717, 1.165) is 30.4 Å². The summed E-state index contributed by atoms with van der Waals surface area (Å²) >= 11 is 0. The number of hydrogen-bond acceptors (Lipinski definition) is 5. The number of ether oxygens (including phenoxy) is 1. The molecule has 114 valence electrons. The van der Waals surface area contributed by atoms with Crippen molar-refractivity contribution in [2.45, 2.75) is 39.0 Å². The molecule has 0 aromatic heterocycles. The van der Waals surface area contributed by atoms with Crippen molar-refractivity contribution in [3.8, 4) is 0 Å². The molecule has 0 aliphatic heterocycles. The zero-order chi connectivity index (χ0) is 15.0. The molecule has 0 heterocycles. The van der Waals surface area contributed by atoms with Gasteiger partial charge in [0, 0.05) is 11.5 Å². The lowest BCUT2D eigenvalue weighted by atomic mass is 9.60. The van der Waals surface area contributed by atoms with Gasteiger partial charge in [-0.2, -0.15) is 0 Å². The van der Waals surface area contributed by atoms with E-state index in [1.165, 1.54) is 31.8 Å². The molecular formula is C16H21NO4. The van der Waals surface area contributed by atoms with E-state index in [9.17, 15) is 9.59 Å². The van der Waals surface area contributed by atoms with E-state index in [-0.39, 0.29) is 5.57 Å². The van der Waals surface area contributed by atoms with Crippen LogP contribution in [0.5, 0.6) is 0 Å².